The number of fused-ring (bicyclic) bond motifs is 1. The van der Waals surface area contributed by atoms with Crippen molar-refractivity contribution in [1.82, 2.24) is 4.90 Å². The molecule has 25 heavy (non-hydrogen) atoms. The molecule has 0 bridgehead atoms. The zero-order valence-electron chi connectivity index (χ0n) is 14.9. The molecule has 2 aromatic rings. The van der Waals surface area contributed by atoms with E-state index in [0.717, 1.165) is 51.3 Å². The van der Waals surface area contributed by atoms with E-state index in [1.807, 2.05) is 6.07 Å². The SMILES string of the molecule is COc1ccc2cc(CN3CCOCC3C3CCCC3O)ccc2c1. The van der Waals surface area contributed by atoms with E-state index in [9.17, 15) is 5.11 Å². The highest BCUT2D eigenvalue weighted by atomic mass is 16.5. The van der Waals surface area contributed by atoms with E-state index in [2.05, 4.69) is 35.2 Å². The van der Waals surface area contributed by atoms with Crippen molar-refractivity contribution in [1.29, 1.82) is 0 Å². The van der Waals surface area contributed by atoms with Gasteiger partial charge in [0.2, 0.25) is 0 Å². The fraction of sp³-hybridized carbons (Fsp3) is 0.524. The Kier molecular flexibility index (Phi) is 4.93. The van der Waals surface area contributed by atoms with Crippen LogP contribution >= 0.6 is 0 Å². The number of methoxy groups -OCH3 is 1. The molecule has 1 aliphatic carbocycles. The third-order valence-corrected chi connectivity index (χ3v) is 5.80. The van der Waals surface area contributed by atoms with Crippen molar-refractivity contribution < 1.29 is 14.6 Å². The fourth-order valence-corrected chi connectivity index (χ4v) is 4.40. The molecule has 0 amide bonds. The van der Waals surface area contributed by atoms with Crippen molar-refractivity contribution >= 4 is 10.8 Å². The average Bonchev–Trinajstić information content (AvgIpc) is 3.07. The third kappa shape index (κ3) is 3.52. The molecule has 1 N–H and O–H groups in total. The molecule has 4 heteroatoms. The highest BCUT2D eigenvalue weighted by Crippen LogP contribution is 2.33. The average molecular weight is 341 g/mol. The number of nitrogens with zero attached hydrogens (tertiary/aromatic N) is 1. The minimum atomic E-state index is -0.168. The van der Waals surface area contributed by atoms with E-state index in [-0.39, 0.29) is 6.10 Å². The Morgan fingerprint density at radius 3 is 2.80 bits per heavy atom. The van der Waals surface area contributed by atoms with Crippen LogP contribution in [0.25, 0.3) is 10.8 Å². The summed E-state index contributed by atoms with van der Waals surface area (Å²) in [7, 11) is 1.70. The molecular weight excluding hydrogens is 314 g/mol. The second-order valence-electron chi connectivity index (χ2n) is 7.32. The highest BCUT2D eigenvalue weighted by molar-refractivity contribution is 5.84. The van der Waals surface area contributed by atoms with Crippen molar-refractivity contribution in [2.24, 2.45) is 5.92 Å². The van der Waals surface area contributed by atoms with Crippen molar-refractivity contribution in [3.05, 3.63) is 42.0 Å². The van der Waals surface area contributed by atoms with E-state index in [1.54, 1.807) is 7.11 Å². The number of benzene rings is 2. The van der Waals surface area contributed by atoms with Crippen LogP contribution in [-0.4, -0.2) is 49.0 Å². The van der Waals surface area contributed by atoms with Gasteiger partial charge in [0.05, 0.1) is 26.4 Å². The number of hydrogen-bond acceptors (Lipinski definition) is 4. The van der Waals surface area contributed by atoms with Gasteiger partial charge in [0.15, 0.2) is 0 Å². The molecule has 1 saturated carbocycles. The summed E-state index contributed by atoms with van der Waals surface area (Å²) in [5.74, 6) is 1.24. The lowest BCUT2D eigenvalue weighted by atomic mass is 9.93. The molecule has 1 saturated heterocycles. The van der Waals surface area contributed by atoms with Crippen LogP contribution in [0.4, 0.5) is 0 Å². The van der Waals surface area contributed by atoms with E-state index < -0.39 is 0 Å². The van der Waals surface area contributed by atoms with Gasteiger partial charge < -0.3 is 14.6 Å². The smallest absolute Gasteiger partial charge is 0.119 e. The van der Waals surface area contributed by atoms with Crippen LogP contribution in [0.2, 0.25) is 0 Å². The second-order valence-corrected chi connectivity index (χ2v) is 7.32. The number of aliphatic hydroxyl groups is 1. The Hall–Kier alpha value is -1.62. The van der Waals surface area contributed by atoms with Crippen LogP contribution < -0.4 is 4.74 Å². The predicted molar refractivity (Wildman–Crippen MR) is 98.9 cm³/mol. The normalized spacial score (nSPS) is 27.7. The maximum Gasteiger partial charge on any atom is 0.119 e. The number of hydrogen-bond donors (Lipinski definition) is 1. The Morgan fingerprint density at radius 1 is 1.16 bits per heavy atom. The van der Waals surface area contributed by atoms with Crippen molar-refractivity contribution in [2.45, 2.75) is 38.0 Å². The van der Waals surface area contributed by atoms with E-state index in [4.69, 9.17) is 9.47 Å². The molecule has 2 aromatic carbocycles. The van der Waals surface area contributed by atoms with Crippen molar-refractivity contribution in [2.75, 3.05) is 26.9 Å². The molecule has 4 nitrogen and oxygen atoms in total. The molecular formula is C21H27NO3. The Bertz CT molecular complexity index is 732. The van der Waals surface area contributed by atoms with Gasteiger partial charge in [-0.15, -0.1) is 0 Å². The number of morpholine rings is 1. The van der Waals surface area contributed by atoms with E-state index >= 15 is 0 Å². The molecule has 0 radical (unpaired) electrons. The zero-order chi connectivity index (χ0) is 17.2. The van der Waals surface area contributed by atoms with Crippen LogP contribution in [0.5, 0.6) is 5.75 Å². The predicted octanol–water partition coefficient (Wildman–Crippen LogP) is 3.21. The van der Waals surface area contributed by atoms with Crippen LogP contribution in [0.15, 0.2) is 36.4 Å². The summed E-state index contributed by atoms with van der Waals surface area (Å²) in [6.45, 7) is 3.38. The molecule has 0 aromatic heterocycles. The summed E-state index contributed by atoms with van der Waals surface area (Å²) in [4.78, 5) is 2.51. The van der Waals surface area contributed by atoms with Crippen LogP contribution in [-0.2, 0) is 11.3 Å². The lowest BCUT2D eigenvalue weighted by molar-refractivity contribution is -0.0536. The highest BCUT2D eigenvalue weighted by Gasteiger charge is 2.37. The Balaban J connectivity index is 1.54. The minimum absolute atomic E-state index is 0.168. The fourth-order valence-electron chi connectivity index (χ4n) is 4.40. The van der Waals surface area contributed by atoms with E-state index in [1.165, 1.54) is 16.3 Å². The summed E-state index contributed by atoms with van der Waals surface area (Å²) in [6.07, 6.45) is 3.02. The number of ether oxygens (including phenoxy) is 2. The molecule has 1 heterocycles. The third-order valence-electron chi connectivity index (χ3n) is 5.80. The van der Waals surface area contributed by atoms with Gasteiger partial charge in [0, 0.05) is 25.0 Å². The Morgan fingerprint density at radius 2 is 2.00 bits per heavy atom. The van der Waals surface area contributed by atoms with Gasteiger partial charge in [-0.2, -0.15) is 0 Å². The lowest BCUT2D eigenvalue weighted by Crippen LogP contribution is -2.50. The monoisotopic (exact) mass is 341 g/mol. The molecule has 3 atom stereocenters. The van der Waals surface area contributed by atoms with Gasteiger partial charge in [-0.25, -0.2) is 0 Å². The summed E-state index contributed by atoms with van der Waals surface area (Å²) in [5, 5.41) is 12.8. The van der Waals surface area contributed by atoms with Gasteiger partial charge in [0.25, 0.3) is 0 Å². The van der Waals surface area contributed by atoms with Gasteiger partial charge in [0.1, 0.15) is 5.75 Å². The van der Waals surface area contributed by atoms with Crippen molar-refractivity contribution in [3.63, 3.8) is 0 Å². The molecule has 134 valence electrons. The largest absolute Gasteiger partial charge is 0.497 e. The molecule has 4 rings (SSSR count). The lowest BCUT2D eigenvalue weighted by Gasteiger charge is -2.40. The van der Waals surface area contributed by atoms with Gasteiger partial charge in [-0.1, -0.05) is 24.6 Å². The first kappa shape index (κ1) is 16.8. The maximum atomic E-state index is 10.3. The topological polar surface area (TPSA) is 41.9 Å². The molecule has 3 unspecified atom stereocenters. The van der Waals surface area contributed by atoms with Crippen LogP contribution in [0.1, 0.15) is 24.8 Å². The van der Waals surface area contributed by atoms with Gasteiger partial charge >= 0.3 is 0 Å². The molecule has 2 aliphatic rings. The molecule has 1 aliphatic heterocycles. The summed E-state index contributed by atoms with van der Waals surface area (Å²) >= 11 is 0. The summed E-state index contributed by atoms with van der Waals surface area (Å²) in [5.41, 5.74) is 1.32. The zero-order valence-corrected chi connectivity index (χ0v) is 14.9. The Labute approximate surface area is 149 Å². The first-order valence-corrected chi connectivity index (χ1v) is 9.31. The second kappa shape index (κ2) is 7.32. The summed E-state index contributed by atoms with van der Waals surface area (Å²) < 4.78 is 11.0. The number of rotatable bonds is 4. The van der Waals surface area contributed by atoms with Gasteiger partial charge in [-0.05, 0) is 47.4 Å². The molecule has 2 fully saturated rings. The summed E-state index contributed by atoms with van der Waals surface area (Å²) in [6, 6.07) is 13.2. The van der Waals surface area contributed by atoms with Crippen molar-refractivity contribution in [3.8, 4) is 5.75 Å². The van der Waals surface area contributed by atoms with Crippen LogP contribution in [0, 0.1) is 5.92 Å². The first-order chi connectivity index (χ1) is 12.2. The van der Waals surface area contributed by atoms with E-state index in [0.29, 0.717) is 12.0 Å². The standard InChI is InChI=1S/C21H27NO3/c1-24-18-8-7-16-11-15(5-6-17(16)12-18)13-22-9-10-25-14-20(22)19-3-2-4-21(19)23/h5-8,11-12,19-21,23H,2-4,9-10,13-14H2,1H3. The first-order valence-electron chi connectivity index (χ1n) is 9.31. The van der Waals surface area contributed by atoms with Gasteiger partial charge in [-0.3, -0.25) is 4.90 Å². The quantitative estimate of drug-likeness (QED) is 0.927. The minimum Gasteiger partial charge on any atom is -0.497 e. The molecule has 0 spiro atoms. The number of aliphatic hydroxyl groups excluding tert-OH is 1. The maximum absolute atomic E-state index is 10.3. The van der Waals surface area contributed by atoms with Crippen LogP contribution in [0.3, 0.4) is 0 Å².